The average molecular weight is 524 g/mol. The first kappa shape index (κ1) is 26.5. The average Bonchev–Trinajstić information content (AvgIpc) is 3.31. The van der Waals surface area contributed by atoms with Gasteiger partial charge in [-0.05, 0) is 42.5 Å². The lowest BCUT2D eigenvalue weighted by atomic mass is 9.91. The number of benzene rings is 2. The van der Waals surface area contributed by atoms with Gasteiger partial charge in [-0.25, -0.2) is 4.79 Å². The summed E-state index contributed by atoms with van der Waals surface area (Å²) in [6, 6.07) is 13.2. The molecule has 0 radical (unpaired) electrons. The van der Waals surface area contributed by atoms with E-state index in [-0.39, 0.29) is 41.6 Å². The van der Waals surface area contributed by atoms with E-state index in [2.05, 4.69) is 11.6 Å². The number of carbonyl (C=O) groups is 2. The van der Waals surface area contributed by atoms with Gasteiger partial charge in [0.2, 0.25) is 5.91 Å². The summed E-state index contributed by atoms with van der Waals surface area (Å²) in [6.07, 6.45) is 5.90. The first-order valence-electron chi connectivity index (χ1n) is 12.7. The molecule has 2 aromatic carbocycles. The van der Waals surface area contributed by atoms with E-state index in [0.29, 0.717) is 23.2 Å². The number of carboxylic acid groups (broad SMARTS) is 1. The molecule has 8 nitrogen and oxygen atoms in total. The molecule has 1 aliphatic carbocycles. The molecule has 0 bridgehead atoms. The molecule has 1 aliphatic rings. The number of aromatic nitrogens is 1. The third-order valence-corrected chi connectivity index (χ3v) is 8.08. The predicted molar refractivity (Wildman–Crippen MR) is 145 cm³/mol. The Hall–Kier alpha value is -3.59. The summed E-state index contributed by atoms with van der Waals surface area (Å²) >= 11 is 1.01. The molecule has 1 atom stereocenters. The molecule has 1 aromatic heterocycles. The van der Waals surface area contributed by atoms with E-state index in [4.69, 9.17) is 0 Å². The van der Waals surface area contributed by atoms with E-state index in [1.54, 1.807) is 11.0 Å². The highest BCUT2D eigenvalue weighted by Gasteiger charge is 2.27. The third-order valence-electron chi connectivity index (χ3n) is 7.15. The van der Waals surface area contributed by atoms with E-state index < -0.39 is 6.09 Å². The van der Waals surface area contributed by atoms with Crippen molar-refractivity contribution in [1.82, 2.24) is 14.8 Å². The number of thiazole rings is 1. The fourth-order valence-corrected chi connectivity index (χ4v) is 6.22. The smallest absolute Gasteiger partial charge is 0.407 e. The lowest BCUT2D eigenvalue weighted by molar-refractivity contribution is -0.129. The Morgan fingerprint density at radius 3 is 2.51 bits per heavy atom. The molecule has 0 saturated heterocycles. The normalized spacial score (nSPS) is 14.8. The number of aromatic hydroxyl groups is 1. The quantitative estimate of drug-likeness (QED) is 0.326. The van der Waals surface area contributed by atoms with Crippen LogP contribution >= 0.6 is 11.3 Å². The number of phenols is 1. The van der Waals surface area contributed by atoms with Gasteiger partial charge in [0.1, 0.15) is 11.3 Å². The van der Waals surface area contributed by atoms with Crippen LogP contribution in [0.2, 0.25) is 0 Å². The molecule has 1 fully saturated rings. The number of hydrogen-bond acceptors (Lipinski definition) is 5. The molecule has 9 heteroatoms. The maximum absolute atomic E-state index is 12.6. The van der Waals surface area contributed by atoms with Crippen molar-refractivity contribution in [3.63, 3.8) is 0 Å². The maximum atomic E-state index is 12.6. The Balaban J connectivity index is 1.62. The molecule has 1 saturated carbocycles. The number of phenolic OH excluding ortho intramolecular Hbond substituents is 1. The second kappa shape index (κ2) is 12.1. The zero-order valence-corrected chi connectivity index (χ0v) is 21.6. The van der Waals surface area contributed by atoms with Crippen LogP contribution in [0.1, 0.15) is 49.1 Å². The van der Waals surface area contributed by atoms with Crippen molar-refractivity contribution < 1.29 is 19.8 Å². The van der Waals surface area contributed by atoms with Crippen LogP contribution in [0.25, 0.3) is 10.2 Å². The van der Waals surface area contributed by atoms with Crippen LogP contribution in [0.4, 0.5) is 4.79 Å². The molecule has 37 heavy (non-hydrogen) atoms. The van der Waals surface area contributed by atoms with Gasteiger partial charge >= 0.3 is 11.0 Å². The highest BCUT2D eigenvalue weighted by Crippen LogP contribution is 2.34. The second-order valence-electron chi connectivity index (χ2n) is 9.54. The number of rotatable bonds is 10. The van der Waals surface area contributed by atoms with Crippen molar-refractivity contribution in [2.45, 2.75) is 50.5 Å². The van der Waals surface area contributed by atoms with Crippen molar-refractivity contribution in [3.05, 3.63) is 75.9 Å². The highest BCUT2D eigenvalue weighted by atomic mass is 32.1. The summed E-state index contributed by atoms with van der Waals surface area (Å²) in [4.78, 5) is 42.7. The monoisotopic (exact) mass is 523 g/mol. The lowest BCUT2D eigenvalue weighted by Crippen LogP contribution is -2.46. The molecule has 196 valence electrons. The number of amides is 2. The van der Waals surface area contributed by atoms with Gasteiger partial charge in [0.25, 0.3) is 0 Å². The van der Waals surface area contributed by atoms with Gasteiger partial charge in [0.05, 0.1) is 4.70 Å². The topological polar surface area (TPSA) is 114 Å². The molecule has 4 rings (SSSR count). The van der Waals surface area contributed by atoms with Gasteiger partial charge in [-0.15, -0.1) is 0 Å². The molecule has 2 amide bonds. The molecule has 3 N–H and O–H groups in total. The van der Waals surface area contributed by atoms with Crippen molar-refractivity contribution in [2.75, 3.05) is 19.6 Å². The van der Waals surface area contributed by atoms with Gasteiger partial charge in [-0.2, -0.15) is 0 Å². The minimum absolute atomic E-state index is 0.0169. The number of aromatic amines is 1. The minimum atomic E-state index is -1.06. The molecule has 0 spiro atoms. The van der Waals surface area contributed by atoms with Crippen LogP contribution in [0.3, 0.4) is 0 Å². The van der Waals surface area contributed by atoms with Gasteiger partial charge in [0.15, 0.2) is 0 Å². The zero-order valence-electron chi connectivity index (χ0n) is 20.8. The van der Waals surface area contributed by atoms with E-state index >= 15 is 0 Å². The van der Waals surface area contributed by atoms with Gasteiger partial charge in [0, 0.05) is 31.6 Å². The summed E-state index contributed by atoms with van der Waals surface area (Å²) < 4.78 is 0.627. The van der Waals surface area contributed by atoms with Crippen molar-refractivity contribution in [2.24, 2.45) is 0 Å². The van der Waals surface area contributed by atoms with E-state index in [1.807, 2.05) is 30.3 Å². The Morgan fingerprint density at radius 1 is 1.11 bits per heavy atom. The molecule has 1 heterocycles. The highest BCUT2D eigenvalue weighted by molar-refractivity contribution is 7.16. The summed E-state index contributed by atoms with van der Waals surface area (Å²) in [6.45, 7) is 4.28. The van der Waals surface area contributed by atoms with Crippen molar-refractivity contribution in [3.8, 4) is 5.75 Å². The molecular formula is C28H33N3O5S. The number of hydrogen-bond donors (Lipinski definition) is 3. The Kier molecular flexibility index (Phi) is 8.66. The molecule has 1 unspecified atom stereocenters. The maximum Gasteiger partial charge on any atom is 0.407 e. The van der Waals surface area contributed by atoms with E-state index in [9.17, 15) is 24.6 Å². The SMILES string of the molecule is C=CC(=O)N(CCN(CC(Cc1ccccc1)c1ccc(O)c2[nH]c(=O)sc12)C(=O)O)C1CCCCC1. The summed E-state index contributed by atoms with van der Waals surface area (Å²) in [5.74, 6) is -0.460. The van der Waals surface area contributed by atoms with Crippen molar-refractivity contribution >= 4 is 33.6 Å². The first-order valence-corrected chi connectivity index (χ1v) is 13.5. The van der Waals surface area contributed by atoms with Crippen LogP contribution in [-0.4, -0.2) is 62.7 Å². The summed E-state index contributed by atoms with van der Waals surface area (Å²) in [5, 5.41) is 20.4. The first-order chi connectivity index (χ1) is 17.9. The fraction of sp³-hybridized carbons (Fsp3) is 0.393. The molecule has 3 aromatic rings. The Morgan fingerprint density at radius 2 is 1.84 bits per heavy atom. The van der Waals surface area contributed by atoms with Crippen molar-refractivity contribution in [1.29, 1.82) is 0 Å². The number of fused-ring (bicyclic) bond motifs is 1. The lowest BCUT2D eigenvalue weighted by Gasteiger charge is -2.35. The summed E-state index contributed by atoms with van der Waals surface area (Å²) in [5.41, 5.74) is 2.21. The predicted octanol–water partition coefficient (Wildman–Crippen LogP) is 4.95. The molecule has 0 aliphatic heterocycles. The van der Waals surface area contributed by atoms with Crippen LogP contribution in [0, 0.1) is 0 Å². The number of nitrogens with one attached hydrogen (secondary N) is 1. The number of H-pyrrole nitrogens is 1. The minimum Gasteiger partial charge on any atom is -0.506 e. The van der Waals surface area contributed by atoms with E-state index in [1.165, 1.54) is 17.0 Å². The zero-order chi connectivity index (χ0) is 26.4. The van der Waals surface area contributed by atoms with Gasteiger partial charge < -0.3 is 25.0 Å². The standard InChI is InChI=1S/C28H33N3O5S/c1-2-24(33)31(21-11-7-4-8-12-21)16-15-30(28(35)36)18-20(17-19-9-5-3-6-10-19)22-13-14-23(32)25-26(22)37-27(34)29-25/h2-3,5-6,9-10,13-14,20-21,32H,1,4,7-8,11-12,15-18H2,(H,29,34)(H,35,36). The van der Waals surface area contributed by atoms with Crippen LogP contribution in [-0.2, 0) is 11.2 Å². The van der Waals surface area contributed by atoms with Crippen LogP contribution in [0.15, 0.2) is 59.9 Å². The number of nitrogens with zero attached hydrogens (tertiary/aromatic N) is 2. The van der Waals surface area contributed by atoms with Gasteiger partial charge in [-0.3, -0.25) is 9.59 Å². The van der Waals surface area contributed by atoms with E-state index in [0.717, 1.165) is 54.6 Å². The fourth-order valence-electron chi connectivity index (χ4n) is 5.27. The second-order valence-corrected chi connectivity index (χ2v) is 10.5. The Labute approximate surface area is 219 Å². The molecular weight excluding hydrogens is 490 g/mol. The largest absolute Gasteiger partial charge is 0.506 e. The van der Waals surface area contributed by atoms with Crippen LogP contribution in [0.5, 0.6) is 5.75 Å². The summed E-state index contributed by atoms with van der Waals surface area (Å²) in [7, 11) is 0. The Bertz CT molecular complexity index is 1300. The number of carbonyl (C=O) groups excluding carboxylic acids is 1. The third kappa shape index (κ3) is 6.40. The van der Waals surface area contributed by atoms with Crippen LogP contribution < -0.4 is 4.87 Å². The van der Waals surface area contributed by atoms with Gasteiger partial charge in [-0.1, -0.05) is 73.6 Å².